The number of phosphoric ester groups is 1. The second kappa shape index (κ2) is 31.9. The number of likely N-dealkylation sites (N-methyl/N-ethyl adjacent to an activating group) is 1. The van der Waals surface area contributed by atoms with Crippen molar-refractivity contribution < 1.29 is 32.9 Å². The molecule has 0 bridgehead atoms. The number of aliphatic hydroxyl groups excluding tert-OH is 1. The van der Waals surface area contributed by atoms with Crippen molar-refractivity contribution in [2.45, 2.75) is 193 Å². The monoisotopic (exact) mass is 717 g/mol. The summed E-state index contributed by atoms with van der Waals surface area (Å²) < 4.78 is 23.1. The molecule has 0 aliphatic rings. The van der Waals surface area contributed by atoms with Crippen LogP contribution in [0.15, 0.2) is 12.2 Å². The van der Waals surface area contributed by atoms with E-state index in [4.69, 9.17) is 9.05 Å². The number of hydrogen-bond donors (Lipinski definition) is 2. The van der Waals surface area contributed by atoms with E-state index >= 15 is 0 Å². The topological polar surface area (TPSA) is 108 Å². The van der Waals surface area contributed by atoms with Crippen molar-refractivity contribution >= 4 is 13.7 Å². The van der Waals surface area contributed by atoms with Gasteiger partial charge < -0.3 is 28.8 Å². The molecule has 0 aromatic heterocycles. The quantitative estimate of drug-likeness (QED) is 0.0289. The molecule has 0 rings (SSSR count). The Morgan fingerprint density at radius 1 is 0.755 bits per heavy atom. The Morgan fingerprint density at radius 3 is 1.71 bits per heavy atom. The molecule has 0 saturated carbocycles. The number of nitrogens with one attached hydrogen (secondary N) is 1. The SMILES string of the molecule is CCCCCCCCCCCCCCCCCC(=O)N[C@@H](COP(=O)([O-])OCC[N+](C)(C)C)[C@H](O)/C=C/CCCCCCCCCC(C)C. The standard InChI is InChI=1S/C40H81N2O6P/c1-7-8-9-10-11-12-13-14-15-16-17-21-24-27-30-33-40(44)41-38(36-48-49(45,46)47-35-34-42(4,5)6)39(43)32-29-26-23-20-18-19-22-25-28-31-37(2)3/h29,32,37-39,43H,7-28,30-31,33-36H2,1-6H3,(H-,41,44,45,46)/b32-29+/t38-,39+/m0/s1. The molecule has 8 nitrogen and oxygen atoms in total. The van der Waals surface area contributed by atoms with E-state index in [-0.39, 0.29) is 19.1 Å². The maximum atomic E-state index is 12.8. The number of carbonyl (C=O) groups is 1. The molecular formula is C40H81N2O6P. The average molecular weight is 717 g/mol. The predicted molar refractivity (Wildman–Crippen MR) is 205 cm³/mol. The van der Waals surface area contributed by atoms with Gasteiger partial charge in [-0.05, 0) is 25.2 Å². The van der Waals surface area contributed by atoms with Crippen LogP contribution in [0.5, 0.6) is 0 Å². The lowest BCUT2D eigenvalue weighted by Crippen LogP contribution is -2.45. The Kier molecular flexibility index (Phi) is 31.4. The fraction of sp³-hybridized carbons (Fsp3) is 0.925. The number of rotatable bonds is 36. The molecule has 0 aromatic rings. The minimum Gasteiger partial charge on any atom is -0.756 e. The maximum Gasteiger partial charge on any atom is 0.268 e. The Balaban J connectivity index is 4.46. The first-order valence-corrected chi connectivity index (χ1v) is 21.9. The van der Waals surface area contributed by atoms with Crippen molar-refractivity contribution in [3.05, 3.63) is 12.2 Å². The summed E-state index contributed by atoms with van der Waals surface area (Å²) in [6.45, 7) is 6.94. The highest BCUT2D eigenvalue weighted by molar-refractivity contribution is 7.45. The predicted octanol–water partition coefficient (Wildman–Crippen LogP) is 10.0. The molecule has 49 heavy (non-hydrogen) atoms. The largest absolute Gasteiger partial charge is 0.756 e. The number of aliphatic hydroxyl groups is 1. The van der Waals surface area contributed by atoms with E-state index < -0.39 is 20.0 Å². The minimum absolute atomic E-state index is 0.000892. The first-order chi connectivity index (χ1) is 23.4. The summed E-state index contributed by atoms with van der Waals surface area (Å²) in [7, 11) is 1.26. The molecule has 2 N–H and O–H groups in total. The van der Waals surface area contributed by atoms with Gasteiger partial charge in [-0.15, -0.1) is 0 Å². The van der Waals surface area contributed by atoms with Crippen molar-refractivity contribution in [3.63, 3.8) is 0 Å². The van der Waals surface area contributed by atoms with Crippen LogP contribution in [0.25, 0.3) is 0 Å². The van der Waals surface area contributed by atoms with Gasteiger partial charge in [0.2, 0.25) is 5.91 Å². The van der Waals surface area contributed by atoms with E-state index in [1.165, 1.54) is 116 Å². The highest BCUT2D eigenvalue weighted by atomic mass is 31.2. The zero-order chi connectivity index (χ0) is 36.6. The van der Waals surface area contributed by atoms with E-state index in [9.17, 15) is 19.4 Å². The van der Waals surface area contributed by atoms with Crippen LogP contribution in [0.3, 0.4) is 0 Å². The molecule has 0 saturated heterocycles. The second-order valence-corrected chi connectivity index (χ2v) is 17.2. The van der Waals surface area contributed by atoms with Gasteiger partial charge in [0.15, 0.2) is 0 Å². The molecule has 0 heterocycles. The molecule has 0 spiro atoms. The van der Waals surface area contributed by atoms with Crippen LogP contribution in [0.4, 0.5) is 0 Å². The van der Waals surface area contributed by atoms with E-state index in [2.05, 4.69) is 26.1 Å². The Hall–Kier alpha value is -0.760. The van der Waals surface area contributed by atoms with Crippen molar-refractivity contribution in [2.24, 2.45) is 5.92 Å². The number of allylic oxidation sites excluding steroid dienone is 1. The normalized spacial score (nSPS) is 14.8. The third-order valence-electron chi connectivity index (χ3n) is 9.18. The fourth-order valence-corrected chi connectivity index (χ4v) is 6.59. The van der Waals surface area contributed by atoms with Crippen LogP contribution in [0.1, 0.15) is 181 Å². The summed E-state index contributed by atoms with van der Waals surface area (Å²) in [5, 5.41) is 13.7. The maximum absolute atomic E-state index is 12.8. The molecule has 1 unspecified atom stereocenters. The van der Waals surface area contributed by atoms with Crippen molar-refractivity contribution in [1.29, 1.82) is 0 Å². The zero-order valence-corrected chi connectivity index (χ0v) is 34.0. The van der Waals surface area contributed by atoms with Gasteiger partial charge in [0.1, 0.15) is 13.2 Å². The number of quaternary nitrogens is 1. The van der Waals surface area contributed by atoms with Crippen LogP contribution in [-0.4, -0.2) is 68.5 Å². The van der Waals surface area contributed by atoms with Gasteiger partial charge in [0.25, 0.3) is 7.82 Å². The lowest BCUT2D eigenvalue weighted by Gasteiger charge is -2.29. The van der Waals surface area contributed by atoms with Gasteiger partial charge >= 0.3 is 0 Å². The van der Waals surface area contributed by atoms with Gasteiger partial charge in [0.05, 0.1) is 39.9 Å². The summed E-state index contributed by atoms with van der Waals surface area (Å²) in [6.07, 6.45) is 32.5. The van der Waals surface area contributed by atoms with E-state index in [0.29, 0.717) is 17.4 Å². The molecule has 0 fully saturated rings. The van der Waals surface area contributed by atoms with Crippen molar-refractivity contribution in [3.8, 4) is 0 Å². The number of nitrogens with zero attached hydrogens (tertiary/aromatic N) is 1. The summed E-state index contributed by atoms with van der Waals surface area (Å²) in [5.41, 5.74) is 0. The zero-order valence-electron chi connectivity index (χ0n) is 33.1. The fourth-order valence-electron chi connectivity index (χ4n) is 5.87. The van der Waals surface area contributed by atoms with Gasteiger partial charge in [-0.2, -0.15) is 0 Å². The number of carbonyl (C=O) groups excluding carboxylic acids is 1. The number of amides is 1. The van der Waals surface area contributed by atoms with Gasteiger partial charge in [-0.3, -0.25) is 9.36 Å². The summed E-state index contributed by atoms with van der Waals surface area (Å²) in [6, 6.07) is -0.879. The molecule has 0 aliphatic heterocycles. The van der Waals surface area contributed by atoms with Gasteiger partial charge in [0, 0.05) is 6.42 Å². The Bertz CT molecular complexity index is 832. The van der Waals surface area contributed by atoms with Gasteiger partial charge in [-0.1, -0.05) is 168 Å². The highest BCUT2D eigenvalue weighted by Crippen LogP contribution is 2.38. The van der Waals surface area contributed by atoms with E-state index in [0.717, 1.165) is 44.4 Å². The summed E-state index contributed by atoms with van der Waals surface area (Å²) in [5.74, 6) is 0.590. The molecule has 0 radical (unpaired) electrons. The molecule has 3 atom stereocenters. The molecular weight excluding hydrogens is 635 g/mol. The number of hydrogen-bond acceptors (Lipinski definition) is 6. The van der Waals surface area contributed by atoms with E-state index in [1.54, 1.807) is 6.08 Å². The number of unbranched alkanes of at least 4 members (excludes halogenated alkanes) is 21. The van der Waals surface area contributed by atoms with Crippen molar-refractivity contribution in [1.82, 2.24) is 5.32 Å². The lowest BCUT2D eigenvalue weighted by molar-refractivity contribution is -0.870. The Morgan fingerprint density at radius 2 is 1.22 bits per heavy atom. The second-order valence-electron chi connectivity index (χ2n) is 15.8. The minimum atomic E-state index is -4.58. The molecule has 0 aliphatic carbocycles. The highest BCUT2D eigenvalue weighted by Gasteiger charge is 2.23. The average Bonchev–Trinajstić information content (AvgIpc) is 3.02. The Labute approximate surface area is 303 Å². The van der Waals surface area contributed by atoms with Crippen LogP contribution >= 0.6 is 7.82 Å². The number of phosphoric acid groups is 1. The molecule has 9 heteroatoms. The van der Waals surface area contributed by atoms with Crippen LogP contribution in [0.2, 0.25) is 0 Å². The van der Waals surface area contributed by atoms with Crippen LogP contribution in [0, 0.1) is 5.92 Å². The van der Waals surface area contributed by atoms with Crippen LogP contribution < -0.4 is 10.2 Å². The molecule has 1 amide bonds. The molecule has 292 valence electrons. The lowest BCUT2D eigenvalue weighted by atomic mass is 10.0. The summed E-state index contributed by atoms with van der Waals surface area (Å²) in [4.78, 5) is 25.2. The third kappa shape index (κ3) is 35.4. The summed E-state index contributed by atoms with van der Waals surface area (Å²) >= 11 is 0. The van der Waals surface area contributed by atoms with E-state index in [1.807, 2.05) is 27.2 Å². The first-order valence-electron chi connectivity index (χ1n) is 20.4. The molecule has 0 aromatic carbocycles. The van der Waals surface area contributed by atoms with Gasteiger partial charge in [-0.25, -0.2) is 0 Å². The van der Waals surface area contributed by atoms with Crippen molar-refractivity contribution in [2.75, 3.05) is 40.9 Å². The smallest absolute Gasteiger partial charge is 0.268 e. The first kappa shape index (κ1) is 48.2. The van der Waals surface area contributed by atoms with Crippen LogP contribution in [-0.2, 0) is 18.4 Å². The third-order valence-corrected chi connectivity index (χ3v) is 10.1.